The molecular formula is C24H24N4O3. The predicted octanol–water partition coefficient (Wildman–Crippen LogP) is 2.77. The Hall–Kier alpha value is -3.19. The molecule has 0 spiro atoms. The zero-order valence-electron chi connectivity index (χ0n) is 17.5. The van der Waals surface area contributed by atoms with Gasteiger partial charge in [0.2, 0.25) is 5.58 Å². The first-order valence-corrected chi connectivity index (χ1v) is 10.9. The number of carbonyl (C=O) groups is 1. The minimum absolute atomic E-state index is 0.155. The van der Waals surface area contributed by atoms with Crippen molar-refractivity contribution in [1.82, 2.24) is 15.0 Å². The van der Waals surface area contributed by atoms with E-state index in [0.29, 0.717) is 22.6 Å². The Morgan fingerprint density at radius 1 is 1.23 bits per heavy atom. The Morgan fingerprint density at radius 3 is 2.81 bits per heavy atom. The number of aromatic nitrogens is 2. The first-order chi connectivity index (χ1) is 15.2. The first kappa shape index (κ1) is 18.6. The molecule has 0 aromatic heterocycles. The van der Waals surface area contributed by atoms with Crippen LogP contribution in [0.25, 0.3) is 11.1 Å². The Bertz CT molecular complexity index is 1380. The molecule has 2 aromatic carbocycles. The van der Waals surface area contributed by atoms with Gasteiger partial charge in [0.05, 0.1) is 30.0 Å². The van der Waals surface area contributed by atoms with Crippen LogP contribution in [0.1, 0.15) is 29.7 Å². The Kier molecular flexibility index (Phi) is 4.31. The molecule has 1 amide bonds. The van der Waals surface area contributed by atoms with Gasteiger partial charge < -0.3 is 9.26 Å². The SMILES string of the molecule is COc1c2c(c3nc(CC4CCN(Cc5ccccc5)CC4)c4[nH]oc1c3=4)CC(=O)N=2. The largest absolute Gasteiger partial charge is 0.491 e. The normalized spacial score (nSPS) is 17.5. The lowest BCUT2D eigenvalue weighted by molar-refractivity contribution is -0.116. The van der Waals surface area contributed by atoms with Gasteiger partial charge in [-0.05, 0) is 43.8 Å². The topological polar surface area (TPSA) is 83.7 Å². The maximum absolute atomic E-state index is 12.0. The van der Waals surface area contributed by atoms with E-state index in [-0.39, 0.29) is 12.3 Å². The molecule has 0 bridgehead atoms. The van der Waals surface area contributed by atoms with E-state index >= 15 is 0 Å². The van der Waals surface area contributed by atoms with E-state index in [9.17, 15) is 4.79 Å². The van der Waals surface area contributed by atoms with Crippen LogP contribution >= 0.6 is 0 Å². The molecule has 2 aromatic rings. The van der Waals surface area contributed by atoms with Crippen molar-refractivity contribution in [2.75, 3.05) is 20.2 Å². The summed E-state index contributed by atoms with van der Waals surface area (Å²) in [5.74, 6) is 0.949. The number of ether oxygens (including phenoxy) is 1. The minimum Gasteiger partial charge on any atom is -0.491 e. The lowest BCUT2D eigenvalue weighted by Gasteiger charge is -2.31. The smallest absolute Gasteiger partial charge is 0.250 e. The number of likely N-dealkylation sites (tertiary alicyclic amines) is 1. The molecule has 7 heteroatoms. The first-order valence-electron chi connectivity index (χ1n) is 10.9. The summed E-state index contributed by atoms with van der Waals surface area (Å²) in [5.41, 5.74) is 4.68. The van der Waals surface area contributed by atoms with Crippen molar-refractivity contribution in [3.8, 4) is 5.75 Å². The van der Waals surface area contributed by atoms with Crippen LogP contribution < -0.4 is 10.1 Å². The van der Waals surface area contributed by atoms with Crippen LogP contribution in [-0.4, -0.2) is 41.1 Å². The molecule has 4 aliphatic rings. The van der Waals surface area contributed by atoms with E-state index in [4.69, 9.17) is 14.2 Å². The molecule has 1 N–H and O–H groups in total. The molecule has 0 atom stereocenters. The second kappa shape index (κ2) is 7.20. The number of hydrogen-bond acceptors (Lipinski definition) is 5. The van der Waals surface area contributed by atoms with Gasteiger partial charge in [0.1, 0.15) is 10.7 Å². The van der Waals surface area contributed by atoms with Crippen LogP contribution in [0.3, 0.4) is 0 Å². The monoisotopic (exact) mass is 416 g/mol. The Balaban J connectivity index is 1.26. The number of amides is 1. The fourth-order valence-corrected chi connectivity index (χ4v) is 5.13. The molecule has 6 rings (SSSR count). The molecule has 4 aliphatic heterocycles. The molecule has 0 unspecified atom stereocenters. The van der Waals surface area contributed by atoms with E-state index in [1.807, 2.05) is 0 Å². The number of piperidine rings is 1. The fourth-order valence-electron chi connectivity index (χ4n) is 5.13. The molecule has 0 saturated carbocycles. The van der Waals surface area contributed by atoms with Gasteiger partial charge in [-0.2, -0.15) is 0 Å². The number of benzene rings is 2. The summed E-state index contributed by atoms with van der Waals surface area (Å²) in [7, 11) is 1.58. The highest BCUT2D eigenvalue weighted by Gasteiger charge is 2.28. The van der Waals surface area contributed by atoms with Crippen molar-refractivity contribution in [2.45, 2.75) is 32.2 Å². The molecule has 31 heavy (non-hydrogen) atoms. The third kappa shape index (κ3) is 3.03. The minimum atomic E-state index is -0.155. The van der Waals surface area contributed by atoms with Gasteiger partial charge >= 0.3 is 0 Å². The van der Waals surface area contributed by atoms with Crippen molar-refractivity contribution in [2.24, 2.45) is 10.9 Å². The lowest BCUT2D eigenvalue weighted by atomic mass is 9.92. The zero-order valence-corrected chi connectivity index (χ0v) is 17.5. The third-order valence-corrected chi connectivity index (χ3v) is 6.70. The van der Waals surface area contributed by atoms with Crippen LogP contribution in [-0.2, 0) is 24.2 Å². The maximum atomic E-state index is 12.0. The van der Waals surface area contributed by atoms with E-state index in [0.717, 1.165) is 66.2 Å². The number of rotatable bonds is 5. The van der Waals surface area contributed by atoms with E-state index < -0.39 is 0 Å². The summed E-state index contributed by atoms with van der Waals surface area (Å²) >= 11 is 0. The summed E-state index contributed by atoms with van der Waals surface area (Å²) in [6, 6.07) is 10.7. The van der Waals surface area contributed by atoms with Crippen LogP contribution in [0.4, 0.5) is 0 Å². The molecule has 0 radical (unpaired) electrons. The number of aromatic amines is 1. The lowest BCUT2D eigenvalue weighted by Crippen LogP contribution is -2.33. The number of nitrogens with zero attached hydrogens (tertiary/aromatic N) is 3. The van der Waals surface area contributed by atoms with E-state index in [1.165, 1.54) is 5.56 Å². The average molecular weight is 416 g/mol. The van der Waals surface area contributed by atoms with Gasteiger partial charge in [0.25, 0.3) is 5.91 Å². The second-order valence-corrected chi connectivity index (χ2v) is 8.64. The molecule has 7 nitrogen and oxygen atoms in total. The van der Waals surface area contributed by atoms with Crippen molar-refractivity contribution < 1.29 is 14.1 Å². The van der Waals surface area contributed by atoms with Crippen molar-refractivity contribution >= 4 is 17.0 Å². The summed E-state index contributed by atoms with van der Waals surface area (Å²) < 4.78 is 11.3. The van der Waals surface area contributed by atoms with Gasteiger partial charge in [0, 0.05) is 12.1 Å². The fraction of sp³-hybridized carbons (Fsp3) is 0.375. The van der Waals surface area contributed by atoms with Gasteiger partial charge in [-0.3, -0.25) is 9.69 Å². The van der Waals surface area contributed by atoms with Gasteiger partial charge in [-0.25, -0.2) is 15.1 Å². The van der Waals surface area contributed by atoms with Crippen molar-refractivity contribution in [3.05, 3.63) is 63.1 Å². The predicted molar refractivity (Wildman–Crippen MR) is 114 cm³/mol. The molecule has 1 fully saturated rings. The summed E-state index contributed by atoms with van der Waals surface area (Å²) in [4.78, 5) is 23.7. The number of fused-ring (bicyclic) bond motifs is 2. The number of nitrogens with one attached hydrogen (secondary N) is 1. The summed E-state index contributed by atoms with van der Waals surface area (Å²) in [6.07, 6.45) is 3.48. The molecule has 0 aliphatic carbocycles. The van der Waals surface area contributed by atoms with Crippen LogP contribution in [0.15, 0.2) is 39.8 Å². The standard InChI is InChI=1S/C24H24N4O3/c1-30-24-21-16(12-18(29)26-21)20-19-22(27-31-23(19)24)17(25-20)11-14-7-9-28(10-8-14)13-15-5-3-2-4-6-15/h2-6,14,27H,7-13H2,1H3. The number of methoxy groups -OCH3 is 1. The quantitative estimate of drug-likeness (QED) is 0.541. The highest BCUT2D eigenvalue weighted by atomic mass is 16.5. The highest BCUT2D eigenvalue weighted by Crippen LogP contribution is 2.31. The van der Waals surface area contributed by atoms with Gasteiger partial charge in [-0.1, -0.05) is 30.3 Å². The maximum Gasteiger partial charge on any atom is 0.250 e. The van der Waals surface area contributed by atoms with Gasteiger partial charge in [-0.15, -0.1) is 0 Å². The second-order valence-electron chi connectivity index (χ2n) is 8.64. The molecule has 158 valence electrons. The van der Waals surface area contributed by atoms with Crippen molar-refractivity contribution in [3.63, 3.8) is 0 Å². The number of hydrogen-bond donors (Lipinski definition) is 1. The van der Waals surface area contributed by atoms with E-state index in [1.54, 1.807) is 7.11 Å². The highest BCUT2D eigenvalue weighted by molar-refractivity contribution is 5.88. The Labute approximate surface area is 178 Å². The average Bonchev–Trinajstić information content (AvgIpc) is 3.47. The third-order valence-electron chi connectivity index (χ3n) is 6.70. The molecule has 1 saturated heterocycles. The zero-order chi connectivity index (χ0) is 20.9. The van der Waals surface area contributed by atoms with E-state index in [2.05, 4.69) is 45.4 Å². The number of carbonyl (C=O) groups excluding carboxylic acids is 1. The van der Waals surface area contributed by atoms with Crippen LogP contribution in [0.5, 0.6) is 5.75 Å². The Morgan fingerprint density at radius 2 is 2.03 bits per heavy atom. The number of H-pyrrole nitrogens is 1. The van der Waals surface area contributed by atoms with Gasteiger partial charge in [0.15, 0.2) is 5.75 Å². The summed E-state index contributed by atoms with van der Waals surface area (Å²) in [5, 5.41) is 5.49. The van der Waals surface area contributed by atoms with Crippen LogP contribution in [0.2, 0.25) is 0 Å². The van der Waals surface area contributed by atoms with Crippen molar-refractivity contribution in [1.29, 1.82) is 0 Å². The summed E-state index contributed by atoms with van der Waals surface area (Å²) in [6.45, 7) is 3.21. The molecule has 4 heterocycles. The van der Waals surface area contributed by atoms with Crippen LogP contribution in [0, 0.1) is 16.5 Å². The molecular weight excluding hydrogens is 392 g/mol.